The van der Waals surface area contributed by atoms with Crippen molar-refractivity contribution in [2.75, 3.05) is 60.7 Å². The summed E-state index contributed by atoms with van der Waals surface area (Å²) in [7, 11) is 5.13. The number of methoxy groups -OCH3 is 2. The minimum absolute atomic E-state index is 0.186. The third kappa shape index (κ3) is 6.29. The van der Waals surface area contributed by atoms with Crippen molar-refractivity contribution in [2.45, 2.75) is 19.9 Å². The average Bonchev–Trinajstić information content (AvgIpc) is 2.70. The monoisotopic (exact) mass is 378 g/mol. The lowest BCUT2D eigenvalue weighted by molar-refractivity contribution is 0.0169. The van der Waals surface area contributed by atoms with Gasteiger partial charge >= 0.3 is 0 Å². The number of guanidine groups is 1. The van der Waals surface area contributed by atoms with E-state index in [-0.39, 0.29) is 6.04 Å². The van der Waals surface area contributed by atoms with Crippen LogP contribution < -0.4 is 20.1 Å². The summed E-state index contributed by atoms with van der Waals surface area (Å²) in [4.78, 5) is 6.78. The number of nitrogens with one attached hydrogen (secondary N) is 2. The molecule has 0 saturated carbocycles. The van der Waals surface area contributed by atoms with Crippen molar-refractivity contribution >= 4 is 5.96 Å². The maximum Gasteiger partial charge on any atom is 0.191 e. The highest BCUT2D eigenvalue weighted by Crippen LogP contribution is 2.32. The van der Waals surface area contributed by atoms with Crippen LogP contribution in [0.5, 0.6) is 11.5 Å². The molecule has 1 saturated heterocycles. The zero-order chi connectivity index (χ0) is 19.6. The molecule has 152 valence electrons. The molecule has 1 unspecified atom stereocenters. The van der Waals surface area contributed by atoms with Crippen LogP contribution in [0.1, 0.15) is 25.5 Å². The van der Waals surface area contributed by atoms with Gasteiger partial charge in [-0.3, -0.25) is 9.89 Å². The van der Waals surface area contributed by atoms with Crippen molar-refractivity contribution < 1.29 is 14.2 Å². The van der Waals surface area contributed by atoms with Crippen LogP contribution in [0.2, 0.25) is 0 Å². The number of ether oxygens (including phenoxy) is 3. The molecule has 1 aliphatic rings. The molecule has 1 fully saturated rings. The Hall–Kier alpha value is -1.99. The highest BCUT2D eigenvalue weighted by molar-refractivity contribution is 5.79. The Balaban J connectivity index is 2.16. The summed E-state index contributed by atoms with van der Waals surface area (Å²) in [6.07, 6.45) is 0. The van der Waals surface area contributed by atoms with Gasteiger partial charge < -0.3 is 24.8 Å². The highest BCUT2D eigenvalue weighted by Gasteiger charge is 2.24. The van der Waals surface area contributed by atoms with Crippen molar-refractivity contribution in [3.63, 3.8) is 0 Å². The number of hydrogen-bond donors (Lipinski definition) is 2. The van der Waals surface area contributed by atoms with E-state index in [9.17, 15) is 0 Å². The average molecular weight is 379 g/mol. The normalized spacial score (nSPS) is 16.9. The molecule has 1 heterocycles. The molecular weight excluding hydrogens is 344 g/mol. The second-order valence-corrected chi connectivity index (χ2v) is 7.01. The summed E-state index contributed by atoms with van der Waals surface area (Å²) in [5.74, 6) is 2.87. The van der Waals surface area contributed by atoms with Crippen LogP contribution >= 0.6 is 0 Å². The molecule has 1 atom stereocenters. The van der Waals surface area contributed by atoms with Gasteiger partial charge in [0, 0.05) is 33.2 Å². The Morgan fingerprint density at radius 3 is 2.37 bits per heavy atom. The van der Waals surface area contributed by atoms with Crippen molar-refractivity contribution in [1.29, 1.82) is 0 Å². The van der Waals surface area contributed by atoms with E-state index >= 15 is 0 Å². The van der Waals surface area contributed by atoms with Gasteiger partial charge in [0.1, 0.15) is 0 Å². The zero-order valence-electron chi connectivity index (χ0n) is 17.2. The quantitative estimate of drug-likeness (QED) is 0.532. The van der Waals surface area contributed by atoms with Gasteiger partial charge in [0.2, 0.25) is 0 Å². The first-order valence-electron chi connectivity index (χ1n) is 9.57. The van der Waals surface area contributed by atoms with Gasteiger partial charge in [-0.1, -0.05) is 19.9 Å². The Kier molecular flexibility index (Phi) is 8.67. The molecule has 7 heteroatoms. The summed E-state index contributed by atoms with van der Waals surface area (Å²) < 4.78 is 16.4. The molecule has 0 bridgehead atoms. The predicted octanol–water partition coefficient (Wildman–Crippen LogP) is 1.90. The van der Waals surface area contributed by atoms with Crippen LogP contribution in [0.3, 0.4) is 0 Å². The van der Waals surface area contributed by atoms with E-state index in [2.05, 4.69) is 46.5 Å². The largest absolute Gasteiger partial charge is 0.493 e. The summed E-state index contributed by atoms with van der Waals surface area (Å²) >= 11 is 0. The third-order valence-electron chi connectivity index (χ3n) is 4.64. The second-order valence-electron chi connectivity index (χ2n) is 7.01. The van der Waals surface area contributed by atoms with Crippen LogP contribution in [0.25, 0.3) is 0 Å². The molecular formula is C20H34N4O3. The van der Waals surface area contributed by atoms with E-state index in [0.29, 0.717) is 5.92 Å². The highest BCUT2D eigenvalue weighted by atomic mass is 16.5. The Morgan fingerprint density at radius 2 is 1.78 bits per heavy atom. The van der Waals surface area contributed by atoms with E-state index in [1.165, 1.54) is 5.56 Å². The lowest BCUT2D eigenvalue weighted by atomic mass is 10.0. The van der Waals surface area contributed by atoms with Crippen molar-refractivity contribution in [2.24, 2.45) is 10.9 Å². The standard InChI is InChI=1S/C20H34N4O3/c1-15(2)13-22-20(21-3)23-14-17(24-8-10-27-11-9-24)16-6-7-18(25-4)19(12-16)26-5/h6-7,12,15,17H,8-11,13-14H2,1-5H3,(H2,21,22,23). The van der Waals surface area contributed by atoms with Gasteiger partial charge in [0.15, 0.2) is 17.5 Å². The molecule has 2 N–H and O–H groups in total. The molecule has 7 nitrogen and oxygen atoms in total. The minimum Gasteiger partial charge on any atom is -0.493 e. The van der Waals surface area contributed by atoms with Crippen LogP contribution in [0, 0.1) is 5.92 Å². The molecule has 0 radical (unpaired) electrons. The van der Waals surface area contributed by atoms with Gasteiger partial charge in [0.05, 0.1) is 33.5 Å². The second kappa shape index (κ2) is 11.0. The third-order valence-corrected chi connectivity index (χ3v) is 4.64. The number of nitrogens with zero attached hydrogens (tertiary/aromatic N) is 2. The minimum atomic E-state index is 0.186. The molecule has 1 aromatic rings. The molecule has 1 aliphatic heterocycles. The van der Waals surface area contributed by atoms with Crippen LogP contribution in [0.4, 0.5) is 0 Å². The van der Waals surface area contributed by atoms with Crippen molar-refractivity contribution in [3.8, 4) is 11.5 Å². The predicted molar refractivity (Wildman–Crippen MR) is 109 cm³/mol. The maximum absolute atomic E-state index is 5.54. The Labute approximate surface area is 163 Å². The summed E-state index contributed by atoms with van der Waals surface area (Å²) in [6.45, 7) is 9.30. The molecule has 0 aliphatic carbocycles. The number of morpholine rings is 1. The SMILES string of the molecule is CN=C(NCC(C)C)NCC(c1ccc(OC)c(OC)c1)N1CCOCC1. The van der Waals surface area contributed by atoms with Gasteiger partial charge in [-0.05, 0) is 23.6 Å². The topological polar surface area (TPSA) is 67.4 Å². The molecule has 0 aromatic heterocycles. The van der Waals surface area contributed by atoms with Gasteiger partial charge in [0.25, 0.3) is 0 Å². The first-order valence-corrected chi connectivity index (χ1v) is 9.57. The fourth-order valence-corrected chi connectivity index (χ4v) is 3.12. The van der Waals surface area contributed by atoms with Crippen LogP contribution in [-0.2, 0) is 4.74 Å². The van der Waals surface area contributed by atoms with Crippen LogP contribution in [-0.4, -0.2) is 71.5 Å². The molecule has 27 heavy (non-hydrogen) atoms. The smallest absolute Gasteiger partial charge is 0.191 e. The number of aliphatic imine (C=N–C) groups is 1. The first-order chi connectivity index (χ1) is 13.1. The van der Waals surface area contributed by atoms with Gasteiger partial charge in [-0.25, -0.2) is 0 Å². The maximum atomic E-state index is 5.54. The van der Waals surface area contributed by atoms with E-state index in [4.69, 9.17) is 14.2 Å². The summed E-state index contributed by atoms with van der Waals surface area (Å²) in [6, 6.07) is 6.32. The van der Waals surface area contributed by atoms with Crippen molar-refractivity contribution in [3.05, 3.63) is 23.8 Å². The molecule has 0 spiro atoms. The van der Waals surface area contributed by atoms with Crippen molar-refractivity contribution in [1.82, 2.24) is 15.5 Å². The summed E-state index contributed by atoms with van der Waals surface area (Å²) in [5.41, 5.74) is 1.18. The fraction of sp³-hybridized carbons (Fsp3) is 0.650. The Morgan fingerprint density at radius 1 is 1.11 bits per heavy atom. The van der Waals surface area contributed by atoms with Crippen LogP contribution in [0.15, 0.2) is 23.2 Å². The number of hydrogen-bond acceptors (Lipinski definition) is 5. The molecule has 0 amide bonds. The number of rotatable bonds is 8. The van der Waals surface area contributed by atoms with E-state index in [1.807, 2.05) is 6.07 Å². The first kappa shape index (κ1) is 21.3. The fourth-order valence-electron chi connectivity index (χ4n) is 3.12. The lowest BCUT2D eigenvalue weighted by Gasteiger charge is -2.35. The summed E-state index contributed by atoms with van der Waals surface area (Å²) in [5, 5.41) is 6.84. The van der Waals surface area contributed by atoms with E-state index < -0.39 is 0 Å². The lowest BCUT2D eigenvalue weighted by Crippen LogP contribution is -2.46. The molecule has 2 rings (SSSR count). The van der Waals surface area contributed by atoms with Gasteiger partial charge in [-0.15, -0.1) is 0 Å². The Bertz CT molecular complexity index is 601. The van der Waals surface area contributed by atoms with Gasteiger partial charge in [-0.2, -0.15) is 0 Å². The van der Waals surface area contributed by atoms with E-state index in [1.54, 1.807) is 21.3 Å². The molecule has 1 aromatic carbocycles. The number of benzene rings is 1. The van der Waals surface area contributed by atoms with E-state index in [0.717, 1.165) is 56.9 Å². The zero-order valence-corrected chi connectivity index (χ0v) is 17.2.